The van der Waals surface area contributed by atoms with Crippen LogP contribution in [0.2, 0.25) is 0 Å². The Bertz CT molecular complexity index is 648. The summed E-state index contributed by atoms with van der Waals surface area (Å²) >= 11 is 0. The van der Waals surface area contributed by atoms with Crippen molar-refractivity contribution in [2.75, 3.05) is 26.2 Å². The predicted octanol–water partition coefficient (Wildman–Crippen LogP) is 2.70. The average molecular weight is 375 g/mol. The second-order valence-corrected chi connectivity index (χ2v) is 7.66. The molecule has 1 saturated heterocycles. The molecule has 0 aromatic heterocycles. The van der Waals surface area contributed by atoms with E-state index in [1.807, 2.05) is 11.0 Å². The molecule has 1 heterocycles. The highest BCUT2D eigenvalue weighted by molar-refractivity contribution is 5.78. The highest BCUT2D eigenvalue weighted by Gasteiger charge is 2.30. The first-order chi connectivity index (χ1) is 13.1. The topological polar surface area (TPSA) is 52.7 Å². The molecular formula is C21H30FN3O2. The van der Waals surface area contributed by atoms with Crippen LogP contribution in [-0.2, 0) is 16.1 Å². The second-order valence-electron chi connectivity index (χ2n) is 7.66. The van der Waals surface area contributed by atoms with E-state index in [0.29, 0.717) is 32.1 Å². The maximum Gasteiger partial charge on any atom is 0.234 e. The van der Waals surface area contributed by atoms with E-state index in [2.05, 4.69) is 10.2 Å². The van der Waals surface area contributed by atoms with Crippen LogP contribution in [0, 0.1) is 5.82 Å². The van der Waals surface area contributed by atoms with Crippen molar-refractivity contribution < 1.29 is 14.0 Å². The summed E-state index contributed by atoms with van der Waals surface area (Å²) in [5.41, 5.74) is 0.898. The van der Waals surface area contributed by atoms with Crippen LogP contribution in [0.5, 0.6) is 0 Å². The Morgan fingerprint density at radius 3 is 2.89 bits per heavy atom. The molecule has 0 radical (unpaired) electrons. The minimum Gasteiger partial charge on any atom is -0.355 e. The van der Waals surface area contributed by atoms with Gasteiger partial charge in [-0.05, 0) is 49.8 Å². The highest BCUT2D eigenvalue weighted by atomic mass is 19.1. The summed E-state index contributed by atoms with van der Waals surface area (Å²) < 4.78 is 13.4. The molecule has 2 aliphatic rings. The van der Waals surface area contributed by atoms with Gasteiger partial charge in [-0.15, -0.1) is 0 Å². The molecule has 1 aliphatic carbocycles. The molecule has 1 aromatic rings. The van der Waals surface area contributed by atoms with Crippen LogP contribution < -0.4 is 5.32 Å². The second kappa shape index (κ2) is 9.83. The van der Waals surface area contributed by atoms with Gasteiger partial charge in [-0.3, -0.25) is 14.5 Å². The Balaban J connectivity index is 1.38. The third-order valence-electron chi connectivity index (χ3n) is 5.28. The molecule has 27 heavy (non-hydrogen) atoms. The standard InChI is InChI=1S/C21H30FN3O2/c22-18-7-4-6-17(14-18)15-25(19-9-10-19)16-20(26)23-11-5-13-24-12-3-1-2-8-21(24)27/h4,6-7,14,19H,1-3,5,8-13,15-16H2,(H,23,26). The van der Waals surface area contributed by atoms with Crippen molar-refractivity contribution >= 4 is 11.8 Å². The van der Waals surface area contributed by atoms with Gasteiger partial charge in [0.15, 0.2) is 0 Å². The molecule has 3 rings (SSSR count). The Morgan fingerprint density at radius 2 is 2.11 bits per heavy atom. The highest BCUT2D eigenvalue weighted by Crippen LogP contribution is 2.28. The Kier molecular flexibility index (Phi) is 7.21. The molecule has 0 bridgehead atoms. The lowest BCUT2D eigenvalue weighted by Crippen LogP contribution is -2.39. The zero-order chi connectivity index (χ0) is 19.1. The van der Waals surface area contributed by atoms with Crippen molar-refractivity contribution in [1.82, 2.24) is 15.1 Å². The number of rotatable bonds is 9. The SMILES string of the molecule is O=C(CN(Cc1cccc(F)c1)C1CC1)NCCCN1CCCCCC1=O. The number of nitrogens with one attached hydrogen (secondary N) is 1. The summed E-state index contributed by atoms with van der Waals surface area (Å²) in [5.74, 6) is 0.00471. The summed E-state index contributed by atoms with van der Waals surface area (Å²) in [7, 11) is 0. The van der Waals surface area contributed by atoms with Crippen molar-refractivity contribution in [2.24, 2.45) is 0 Å². The molecule has 6 heteroatoms. The maximum atomic E-state index is 13.4. The van der Waals surface area contributed by atoms with Gasteiger partial charge in [0.05, 0.1) is 6.54 Å². The first-order valence-electron chi connectivity index (χ1n) is 10.1. The van der Waals surface area contributed by atoms with E-state index in [-0.39, 0.29) is 17.6 Å². The number of carbonyl (C=O) groups excluding carboxylic acids is 2. The lowest BCUT2D eigenvalue weighted by molar-refractivity contribution is -0.130. The number of carbonyl (C=O) groups is 2. The third-order valence-corrected chi connectivity index (χ3v) is 5.28. The molecule has 1 N–H and O–H groups in total. The summed E-state index contributed by atoms with van der Waals surface area (Å²) in [6, 6.07) is 7.00. The van der Waals surface area contributed by atoms with E-state index in [9.17, 15) is 14.0 Å². The summed E-state index contributed by atoms with van der Waals surface area (Å²) in [6.45, 7) is 3.08. The molecule has 1 aliphatic heterocycles. The van der Waals surface area contributed by atoms with Crippen LogP contribution in [0.3, 0.4) is 0 Å². The molecule has 5 nitrogen and oxygen atoms in total. The number of hydrogen-bond acceptors (Lipinski definition) is 3. The van der Waals surface area contributed by atoms with E-state index in [0.717, 1.165) is 57.2 Å². The van der Waals surface area contributed by atoms with E-state index >= 15 is 0 Å². The fraction of sp³-hybridized carbons (Fsp3) is 0.619. The minimum absolute atomic E-state index is 0.000459. The number of hydrogen-bond donors (Lipinski definition) is 1. The summed E-state index contributed by atoms with van der Waals surface area (Å²) in [4.78, 5) is 28.3. The fourth-order valence-electron chi connectivity index (χ4n) is 3.64. The van der Waals surface area contributed by atoms with Gasteiger partial charge in [0.2, 0.25) is 11.8 Å². The smallest absolute Gasteiger partial charge is 0.234 e. The lowest BCUT2D eigenvalue weighted by Gasteiger charge is -2.22. The van der Waals surface area contributed by atoms with Crippen molar-refractivity contribution in [2.45, 2.75) is 57.5 Å². The molecule has 1 aromatic carbocycles. The monoisotopic (exact) mass is 375 g/mol. The number of benzene rings is 1. The van der Waals surface area contributed by atoms with Gasteiger partial charge >= 0.3 is 0 Å². The predicted molar refractivity (Wildman–Crippen MR) is 103 cm³/mol. The van der Waals surface area contributed by atoms with Gasteiger partial charge in [-0.2, -0.15) is 0 Å². The minimum atomic E-state index is -0.240. The lowest BCUT2D eigenvalue weighted by atomic mass is 10.2. The van der Waals surface area contributed by atoms with Crippen molar-refractivity contribution in [3.63, 3.8) is 0 Å². The quantitative estimate of drug-likeness (QED) is 0.675. The third kappa shape index (κ3) is 6.61. The van der Waals surface area contributed by atoms with Crippen LogP contribution in [0.25, 0.3) is 0 Å². The number of likely N-dealkylation sites (tertiary alicyclic amines) is 1. The van der Waals surface area contributed by atoms with E-state index < -0.39 is 0 Å². The molecule has 2 amide bonds. The van der Waals surface area contributed by atoms with Crippen molar-refractivity contribution in [3.8, 4) is 0 Å². The Labute approximate surface area is 160 Å². The number of halogens is 1. The molecular weight excluding hydrogens is 345 g/mol. The zero-order valence-electron chi connectivity index (χ0n) is 16.0. The van der Waals surface area contributed by atoms with Crippen molar-refractivity contribution in [1.29, 1.82) is 0 Å². The van der Waals surface area contributed by atoms with Gasteiger partial charge < -0.3 is 10.2 Å². The average Bonchev–Trinajstić information content (AvgIpc) is 3.48. The van der Waals surface area contributed by atoms with Crippen LogP contribution in [0.15, 0.2) is 24.3 Å². The van der Waals surface area contributed by atoms with Crippen LogP contribution in [0.1, 0.15) is 50.5 Å². The van der Waals surface area contributed by atoms with Crippen LogP contribution in [-0.4, -0.2) is 53.8 Å². The number of nitrogens with zero attached hydrogens (tertiary/aromatic N) is 2. The normalized spacial score (nSPS) is 17.9. The van der Waals surface area contributed by atoms with E-state index in [4.69, 9.17) is 0 Å². The van der Waals surface area contributed by atoms with Gasteiger partial charge in [-0.1, -0.05) is 18.6 Å². The first kappa shape index (κ1) is 19.8. The van der Waals surface area contributed by atoms with Crippen LogP contribution in [0.4, 0.5) is 4.39 Å². The molecule has 0 atom stereocenters. The zero-order valence-corrected chi connectivity index (χ0v) is 16.0. The first-order valence-corrected chi connectivity index (χ1v) is 10.1. The Hall–Kier alpha value is -1.95. The maximum absolute atomic E-state index is 13.4. The van der Waals surface area contributed by atoms with Gasteiger partial charge in [-0.25, -0.2) is 4.39 Å². The van der Waals surface area contributed by atoms with Gasteiger partial charge in [0, 0.05) is 38.6 Å². The molecule has 1 saturated carbocycles. The van der Waals surface area contributed by atoms with E-state index in [1.165, 1.54) is 12.1 Å². The molecule has 148 valence electrons. The van der Waals surface area contributed by atoms with Gasteiger partial charge in [0.25, 0.3) is 0 Å². The largest absolute Gasteiger partial charge is 0.355 e. The summed E-state index contributed by atoms with van der Waals surface area (Å²) in [5, 5.41) is 2.97. The summed E-state index contributed by atoms with van der Waals surface area (Å²) in [6.07, 6.45) is 6.83. The molecule has 0 spiro atoms. The van der Waals surface area contributed by atoms with Gasteiger partial charge in [0.1, 0.15) is 5.82 Å². The van der Waals surface area contributed by atoms with Crippen molar-refractivity contribution in [3.05, 3.63) is 35.6 Å². The molecule has 2 fully saturated rings. The Morgan fingerprint density at radius 1 is 1.26 bits per heavy atom. The van der Waals surface area contributed by atoms with Crippen LogP contribution >= 0.6 is 0 Å². The fourth-order valence-corrected chi connectivity index (χ4v) is 3.64. The number of amides is 2. The molecule has 0 unspecified atom stereocenters. The van der Waals surface area contributed by atoms with E-state index in [1.54, 1.807) is 6.07 Å².